The molecule has 0 fully saturated rings. The van der Waals surface area contributed by atoms with Gasteiger partial charge >= 0.3 is 0 Å². The number of nitrogens with zero attached hydrogens (tertiary/aromatic N) is 2. The Bertz CT molecular complexity index is 770. The molecule has 2 aromatic rings. The van der Waals surface area contributed by atoms with Gasteiger partial charge in [0.2, 0.25) is 0 Å². The van der Waals surface area contributed by atoms with Gasteiger partial charge in [-0.1, -0.05) is 12.1 Å². The predicted molar refractivity (Wildman–Crippen MR) is 96.1 cm³/mol. The molecule has 0 radical (unpaired) electrons. The molecule has 1 aromatic heterocycles. The summed E-state index contributed by atoms with van der Waals surface area (Å²) in [4.78, 5) is 12.7. The quantitative estimate of drug-likeness (QED) is 0.821. The molecule has 1 aliphatic heterocycles. The lowest BCUT2D eigenvalue weighted by Gasteiger charge is -2.24. The van der Waals surface area contributed by atoms with Crippen molar-refractivity contribution in [3.05, 3.63) is 46.8 Å². The Morgan fingerprint density at radius 1 is 1.38 bits per heavy atom. The average Bonchev–Trinajstić information content (AvgIpc) is 2.95. The van der Waals surface area contributed by atoms with E-state index < -0.39 is 0 Å². The van der Waals surface area contributed by atoms with Crippen LogP contribution in [0.2, 0.25) is 0 Å². The number of fused-ring (bicyclic) bond motifs is 1. The summed E-state index contributed by atoms with van der Waals surface area (Å²) in [5.41, 5.74) is 3.39. The maximum Gasteiger partial charge on any atom is 0.270 e. The Labute approximate surface area is 152 Å². The monoisotopic (exact) mass is 359 g/mol. The fourth-order valence-electron chi connectivity index (χ4n) is 3.28. The van der Waals surface area contributed by atoms with Crippen molar-refractivity contribution < 1.29 is 19.4 Å². The summed E-state index contributed by atoms with van der Waals surface area (Å²) in [6.07, 6.45) is 0.653. The lowest BCUT2D eigenvalue weighted by Crippen LogP contribution is -2.28. The minimum absolute atomic E-state index is 0.0187. The van der Waals surface area contributed by atoms with E-state index in [1.54, 1.807) is 11.7 Å². The van der Waals surface area contributed by atoms with Crippen LogP contribution in [0.25, 0.3) is 0 Å². The summed E-state index contributed by atoms with van der Waals surface area (Å²) >= 11 is 0. The van der Waals surface area contributed by atoms with Gasteiger partial charge in [0, 0.05) is 25.6 Å². The number of aryl methyl sites for hydroxylation is 1. The van der Waals surface area contributed by atoms with E-state index in [1.165, 1.54) is 0 Å². The fourth-order valence-corrected chi connectivity index (χ4v) is 3.28. The number of nitrogens with one attached hydrogen (secondary N) is 1. The molecule has 26 heavy (non-hydrogen) atoms. The number of aromatic nitrogens is 2. The number of aliphatic hydroxyl groups is 1. The maximum absolute atomic E-state index is 12.7. The van der Waals surface area contributed by atoms with Gasteiger partial charge in [-0.25, -0.2) is 0 Å². The second-order valence-electron chi connectivity index (χ2n) is 6.53. The van der Waals surface area contributed by atoms with Gasteiger partial charge in [0.15, 0.2) is 0 Å². The molecule has 0 aliphatic carbocycles. The van der Waals surface area contributed by atoms with Crippen LogP contribution >= 0.6 is 0 Å². The van der Waals surface area contributed by atoms with Gasteiger partial charge in [-0.2, -0.15) is 5.10 Å². The number of benzene rings is 1. The number of carbonyl (C=O) groups is 1. The van der Waals surface area contributed by atoms with Crippen LogP contribution in [0, 0.1) is 0 Å². The van der Waals surface area contributed by atoms with Crippen molar-refractivity contribution in [2.24, 2.45) is 7.05 Å². The van der Waals surface area contributed by atoms with Crippen molar-refractivity contribution in [2.75, 3.05) is 13.2 Å². The van der Waals surface area contributed by atoms with Crippen LogP contribution in [0.3, 0.4) is 0 Å². The van der Waals surface area contributed by atoms with Crippen molar-refractivity contribution in [1.29, 1.82) is 0 Å². The Morgan fingerprint density at radius 3 is 2.81 bits per heavy atom. The van der Waals surface area contributed by atoms with Gasteiger partial charge in [-0.15, -0.1) is 0 Å². The van der Waals surface area contributed by atoms with E-state index in [9.17, 15) is 4.79 Å². The molecule has 2 heterocycles. The average molecular weight is 359 g/mol. The highest BCUT2D eigenvalue weighted by Crippen LogP contribution is 2.31. The minimum atomic E-state index is -0.136. The number of aliphatic hydroxyl groups excluding tert-OH is 1. The summed E-state index contributed by atoms with van der Waals surface area (Å²) in [6, 6.07) is 7.43. The van der Waals surface area contributed by atoms with E-state index in [2.05, 4.69) is 10.4 Å². The standard InChI is InChI=1S/C19H25N3O4/c1-12-10-16-17(13(2)26-12)21-22(3)18(16)19(24)20-11-14-4-6-15(7-5-14)25-9-8-23/h4-7,12-13,23H,8-11H2,1-3H3,(H,20,24)/t12-,13+/m1/s1. The first-order chi connectivity index (χ1) is 12.5. The largest absolute Gasteiger partial charge is 0.491 e. The van der Waals surface area contributed by atoms with Crippen LogP contribution in [0.4, 0.5) is 0 Å². The summed E-state index contributed by atoms with van der Waals surface area (Å²) in [5.74, 6) is 0.556. The van der Waals surface area contributed by atoms with Crippen LogP contribution in [0.1, 0.15) is 47.3 Å². The Hall–Kier alpha value is -2.38. The van der Waals surface area contributed by atoms with Crippen LogP contribution < -0.4 is 10.1 Å². The molecule has 0 unspecified atom stereocenters. The first-order valence-electron chi connectivity index (χ1n) is 8.81. The Kier molecular flexibility index (Phi) is 5.58. The van der Waals surface area contributed by atoms with Crippen LogP contribution in [0.5, 0.6) is 5.75 Å². The number of amides is 1. The molecular weight excluding hydrogens is 334 g/mol. The smallest absolute Gasteiger partial charge is 0.270 e. The minimum Gasteiger partial charge on any atom is -0.491 e. The van der Waals surface area contributed by atoms with Crippen molar-refractivity contribution in [1.82, 2.24) is 15.1 Å². The summed E-state index contributed by atoms with van der Waals surface area (Å²) in [7, 11) is 1.79. The highest BCUT2D eigenvalue weighted by molar-refractivity contribution is 5.94. The second-order valence-corrected chi connectivity index (χ2v) is 6.53. The third-order valence-electron chi connectivity index (χ3n) is 4.44. The number of ether oxygens (including phenoxy) is 2. The van der Waals surface area contributed by atoms with Gasteiger partial charge in [0.1, 0.15) is 18.1 Å². The van der Waals surface area contributed by atoms with E-state index in [0.717, 1.165) is 16.8 Å². The Morgan fingerprint density at radius 2 is 2.12 bits per heavy atom. The maximum atomic E-state index is 12.7. The zero-order valence-electron chi connectivity index (χ0n) is 15.4. The molecule has 2 atom stereocenters. The molecule has 0 saturated heterocycles. The highest BCUT2D eigenvalue weighted by Gasteiger charge is 2.31. The van der Waals surface area contributed by atoms with Gasteiger partial charge in [0.25, 0.3) is 5.91 Å². The van der Waals surface area contributed by atoms with Gasteiger partial charge in [-0.05, 0) is 31.5 Å². The van der Waals surface area contributed by atoms with Gasteiger partial charge in [0.05, 0.1) is 24.5 Å². The molecule has 1 amide bonds. The summed E-state index contributed by atoms with van der Waals surface area (Å²) in [5, 5.41) is 16.2. The van der Waals surface area contributed by atoms with Crippen molar-refractivity contribution >= 4 is 5.91 Å². The molecule has 7 heteroatoms. The third-order valence-corrected chi connectivity index (χ3v) is 4.44. The molecule has 0 saturated carbocycles. The SMILES string of the molecule is C[C@@H]1Cc2c(nn(C)c2C(=O)NCc2ccc(OCCO)cc2)[C@H](C)O1. The van der Waals surface area contributed by atoms with E-state index in [1.807, 2.05) is 38.1 Å². The predicted octanol–water partition coefficient (Wildman–Crippen LogP) is 1.74. The zero-order valence-corrected chi connectivity index (χ0v) is 15.4. The van der Waals surface area contributed by atoms with E-state index in [0.29, 0.717) is 24.4 Å². The first-order valence-corrected chi connectivity index (χ1v) is 8.81. The van der Waals surface area contributed by atoms with E-state index in [-0.39, 0.29) is 31.3 Å². The fraction of sp³-hybridized carbons (Fsp3) is 0.474. The number of carbonyl (C=O) groups excluding carboxylic acids is 1. The molecule has 0 spiro atoms. The van der Waals surface area contributed by atoms with Crippen LogP contribution in [-0.4, -0.2) is 40.1 Å². The van der Waals surface area contributed by atoms with Crippen molar-refractivity contribution in [3.8, 4) is 5.75 Å². The lowest BCUT2D eigenvalue weighted by atomic mass is 9.99. The Balaban J connectivity index is 1.67. The van der Waals surface area contributed by atoms with Crippen molar-refractivity contribution in [3.63, 3.8) is 0 Å². The van der Waals surface area contributed by atoms with Gasteiger partial charge in [-0.3, -0.25) is 9.48 Å². The van der Waals surface area contributed by atoms with E-state index in [4.69, 9.17) is 14.6 Å². The number of hydrogen-bond donors (Lipinski definition) is 2. The molecule has 7 nitrogen and oxygen atoms in total. The molecule has 2 N–H and O–H groups in total. The number of hydrogen-bond acceptors (Lipinski definition) is 5. The first kappa shape index (κ1) is 18.4. The van der Waals surface area contributed by atoms with E-state index >= 15 is 0 Å². The van der Waals surface area contributed by atoms with Crippen molar-refractivity contribution in [2.45, 2.75) is 39.0 Å². The van der Waals surface area contributed by atoms with Crippen LogP contribution in [0.15, 0.2) is 24.3 Å². The normalized spacial score (nSPS) is 19.1. The highest BCUT2D eigenvalue weighted by atomic mass is 16.5. The second kappa shape index (κ2) is 7.88. The van der Waals surface area contributed by atoms with Gasteiger partial charge < -0.3 is 19.9 Å². The summed E-state index contributed by atoms with van der Waals surface area (Å²) < 4.78 is 12.8. The zero-order chi connectivity index (χ0) is 18.7. The molecule has 1 aromatic carbocycles. The summed E-state index contributed by atoms with van der Waals surface area (Å²) in [6.45, 7) is 4.64. The number of rotatable bonds is 6. The molecule has 3 rings (SSSR count). The van der Waals surface area contributed by atoms with Crippen LogP contribution in [-0.2, 0) is 24.8 Å². The topological polar surface area (TPSA) is 85.6 Å². The molecule has 1 aliphatic rings. The molecular formula is C19H25N3O4. The molecule has 0 bridgehead atoms. The molecule has 140 valence electrons. The lowest BCUT2D eigenvalue weighted by molar-refractivity contribution is -0.00710. The third kappa shape index (κ3) is 3.89.